The molecule has 4 amide bonds. The van der Waals surface area contributed by atoms with E-state index in [4.69, 9.17) is 21.0 Å². The molecule has 0 radical (unpaired) electrons. The van der Waals surface area contributed by atoms with Gasteiger partial charge in [0.15, 0.2) is 0 Å². The van der Waals surface area contributed by atoms with Crippen LogP contribution in [0.3, 0.4) is 0 Å². The lowest BCUT2D eigenvalue weighted by Crippen LogP contribution is -2.49. The Morgan fingerprint density at radius 1 is 0.462 bits per heavy atom. The Morgan fingerprint density at radius 3 is 1.06 bits per heavy atom. The topological polar surface area (TPSA) is 142 Å². The summed E-state index contributed by atoms with van der Waals surface area (Å²) in [5.74, 6) is 7.61. The highest BCUT2D eigenvalue weighted by Gasteiger charge is 2.31. The van der Waals surface area contributed by atoms with E-state index in [1.54, 1.807) is 41.5 Å². The molecular formula is C66H66N6O6. The van der Waals surface area contributed by atoms with Crippen LogP contribution in [0.2, 0.25) is 0 Å². The lowest BCUT2D eigenvalue weighted by atomic mass is 10.0. The molecule has 0 fully saturated rings. The molecule has 0 spiro atoms. The number of terminal acetylenes is 1. The Balaban J connectivity index is 0.000000255. The van der Waals surface area contributed by atoms with Crippen LogP contribution in [0.25, 0.3) is 0 Å². The highest BCUT2D eigenvalue weighted by Crippen LogP contribution is 2.18. The summed E-state index contributed by atoms with van der Waals surface area (Å²) in [4.78, 5) is 53.6. The first-order valence-corrected chi connectivity index (χ1v) is 25.6. The maximum atomic E-state index is 13.9. The zero-order valence-corrected chi connectivity index (χ0v) is 45.0. The number of nitrogens with zero attached hydrogens (tertiary/aromatic N) is 4. The van der Waals surface area contributed by atoms with Gasteiger partial charge in [-0.1, -0.05) is 218 Å². The van der Waals surface area contributed by atoms with E-state index in [2.05, 4.69) is 33.5 Å². The summed E-state index contributed by atoms with van der Waals surface area (Å²) in [6.45, 7) is 10.7. The summed E-state index contributed by atoms with van der Waals surface area (Å²) in [7, 11) is 0. The lowest BCUT2D eigenvalue weighted by Gasteiger charge is -2.26. The monoisotopic (exact) mass is 1040 g/mol. The van der Waals surface area contributed by atoms with Crippen molar-refractivity contribution in [3.05, 3.63) is 251 Å². The highest BCUT2D eigenvalue weighted by molar-refractivity contribution is 6.13. The van der Waals surface area contributed by atoms with E-state index in [0.29, 0.717) is 11.4 Å². The van der Waals surface area contributed by atoms with E-state index in [9.17, 15) is 19.2 Å². The zero-order chi connectivity index (χ0) is 55.8. The first-order valence-electron chi connectivity index (χ1n) is 25.6. The number of carbonyl (C=O) groups excluding carboxylic acids is 4. The number of benzene rings is 7. The summed E-state index contributed by atoms with van der Waals surface area (Å²) in [6, 6.07) is 63.9. The van der Waals surface area contributed by atoms with Crippen molar-refractivity contribution in [1.82, 2.24) is 20.7 Å². The van der Waals surface area contributed by atoms with E-state index in [1.165, 1.54) is 5.01 Å². The average Bonchev–Trinajstić information content (AvgIpc) is 3.44. The number of hydrogen-bond acceptors (Lipinski definition) is 8. The Hall–Kier alpha value is -9.52. The summed E-state index contributed by atoms with van der Waals surface area (Å²) >= 11 is 0. The molecule has 0 saturated carbocycles. The van der Waals surface area contributed by atoms with Crippen molar-refractivity contribution in [2.75, 3.05) is 13.1 Å². The van der Waals surface area contributed by atoms with Crippen LogP contribution in [0, 0.1) is 24.2 Å². The number of hydrazone groups is 2. The van der Waals surface area contributed by atoms with E-state index in [0.717, 1.165) is 44.0 Å². The van der Waals surface area contributed by atoms with Crippen molar-refractivity contribution in [3.63, 3.8) is 0 Å². The van der Waals surface area contributed by atoms with Gasteiger partial charge in [-0.25, -0.2) is 29.2 Å². The highest BCUT2D eigenvalue weighted by atomic mass is 16.6. The van der Waals surface area contributed by atoms with Gasteiger partial charge in [-0.15, -0.1) is 6.42 Å². The second-order valence-corrected chi connectivity index (χ2v) is 19.8. The van der Waals surface area contributed by atoms with Crippen LogP contribution >= 0.6 is 0 Å². The number of nitrogens with one attached hydrogen (secondary N) is 2. The molecule has 0 aromatic heterocycles. The third-order valence-electron chi connectivity index (χ3n) is 11.1. The van der Waals surface area contributed by atoms with E-state index in [1.807, 2.05) is 212 Å². The first kappa shape index (κ1) is 57.8. The van der Waals surface area contributed by atoms with Crippen LogP contribution in [0.1, 0.15) is 80.5 Å². The van der Waals surface area contributed by atoms with Crippen LogP contribution in [-0.4, -0.2) is 81.8 Å². The molecule has 0 aliphatic carbocycles. The molecule has 0 aliphatic heterocycles. The number of amides is 4. The molecule has 0 bridgehead atoms. The summed E-state index contributed by atoms with van der Waals surface area (Å²) < 4.78 is 11.3. The first-order chi connectivity index (χ1) is 37.5. The molecule has 7 rings (SSSR count). The minimum absolute atomic E-state index is 0.00370. The quantitative estimate of drug-likeness (QED) is 0.0427. The standard InChI is InChI=1S/C36H35N3O3.C30H31N3O3/c1-36(2,3)42-34(40)32(27-29-19-10-5-11-20-29)37-35(41)39(26-16-21-28-17-8-4-9-18-28)38-33(30-22-12-6-13-23-30)31-24-14-7-15-25-31;1-5-21-33(32-27(24-17-11-7-12-18-24)25-19-13-8-14-20-25)29(35)31-26(28(34)36-30(2,3)4)22-23-15-9-6-10-16-23/h4-15,17-20,22-25,32H,26-27H2,1-3H3,(H,37,41);1,6-20,26H,21-22H2,2-4H3,(H,31,35)/t32-;26-/m11/s1. The van der Waals surface area contributed by atoms with Gasteiger partial charge in [-0.3, -0.25) is 0 Å². The molecular weight excluding hydrogens is 973 g/mol. The van der Waals surface area contributed by atoms with E-state index >= 15 is 0 Å². The minimum atomic E-state index is -0.934. The smallest absolute Gasteiger partial charge is 0.339 e. The van der Waals surface area contributed by atoms with Gasteiger partial charge in [0.25, 0.3) is 0 Å². The van der Waals surface area contributed by atoms with Gasteiger partial charge in [0.05, 0.1) is 11.4 Å². The Bertz CT molecular complexity index is 3100. The molecule has 2 N–H and O–H groups in total. The predicted octanol–water partition coefficient (Wildman–Crippen LogP) is 11.5. The van der Waals surface area contributed by atoms with Crippen molar-refractivity contribution in [3.8, 4) is 24.2 Å². The van der Waals surface area contributed by atoms with Crippen LogP contribution in [-0.2, 0) is 31.9 Å². The second-order valence-electron chi connectivity index (χ2n) is 19.8. The van der Waals surface area contributed by atoms with Crippen LogP contribution in [0.5, 0.6) is 0 Å². The van der Waals surface area contributed by atoms with Crippen molar-refractivity contribution in [2.45, 2.75) is 77.7 Å². The fourth-order valence-corrected chi connectivity index (χ4v) is 7.60. The number of esters is 2. The predicted molar refractivity (Wildman–Crippen MR) is 309 cm³/mol. The minimum Gasteiger partial charge on any atom is -0.458 e. The maximum absolute atomic E-state index is 13.9. The number of carbonyl (C=O) groups is 4. The lowest BCUT2D eigenvalue weighted by molar-refractivity contribution is -0.158. The number of hydrogen-bond donors (Lipinski definition) is 2. The van der Waals surface area contributed by atoms with Gasteiger partial charge >= 0.3 is 24.0 Å². The van der Waals surface area contributed by atoms with Gasteiger partial charge in [0.2, 0.25) is 0 Å². The van der Waals surface area contributed by atoms with Gasteiger partial charge < -0.3 is 20.1 Å². The Kier molecular flexibility index (Phi) is 21.4. The van der Waals surface area contributed by atoms with Crippen molar-refractivity contribution >= 4 is 35.4 Å². The van der Waals surface area contributed by atoms with E-state index < -0.39 is 47.3 Å². The molecule has 78 heavy (non-hydrogen) atoms. The summed E-state index contributed by atoms with van der Waals surface area (Å²) in [5, 5.41) is 17.6. The van der Waals surface area contributed by atoms with Gasteiger partial charge in [0, 0.05) is 40.7 Å². The van der Waals surface area contributed by atoms with Crippen molar-refractivity contribution in [1.29, 1.82) is 0 Å². The number of ether oxygens (including phenoxy) is 2. The molecule has 0 unspecified atom stereocenters. The summed E-state index contributed by atoms with van der Waals surface area (Å²) in [5.41, 5.74) is 5.68. The molecule has 2 atom stereocenters. The van der Waals surface area contributed by atoms with Crippen LogP contribution in [0.15, 0.2) is 223 Å². The van der Waals surface area contributed by atoms with Crippen LogP contribution < -0.4 is 10.6 Å². The third kappa shape index (κ3) is 19.3. The number of urea groups is 2. The van der Waals surface area contributed by atoms with Gasteiger partial charge in [0.1, 0.15) is 36.4 Å². The molecule has 7 aromatic rings. The molecule has 0 aliphatic rings. The zero-order valence-electron chi connectivity index (χ0n) is 45.0. The van der Waals surface area contributed by atoms with Crippen molar-refractivity contribution in [2.24, 2.45) is 10.2 Å². The largest absolute Gasteiger partial charge is 0.458 e. The summed E-state index contributed by atoms with van der Waals surface area (Å²) in [6.07, 6.45) is 6.11. The van der Waals surface area contributed by atoms with E-state index in [-0.39, 0.29) is 25.9 Å². The van der Waals surface area contributed by atoms with Crippen LogP contribution in [0.4, 0.5) is 9.59 Å². The average molecular weight is 1040 g/mol. The maximum Gasteiger partial charge on any atom is 0.339 e. The van der Waals surface area contributed by atoms with Gasteiger partial charge in [-0.05, 0) is 64.8 Å². The Labute approximate surface area is 459 Å². The number of rotatable bonds is 16. The van der Waals surface area contributed by atoms with Gasteiger partial charge in [-0.2, -0.15) is 10.2 Å². The fraction of sp³-hybridized carbons (Fsp3) is 0.212. The molecule has 396 valence electrons. The fourth-order valence-electron chi connectivity index (χ4n) is 7.60. The molecule has 7 aromatic carbocycles. The molecule has 12 heteroatoms. The second kappa shape index (κ2) is 29.0. The third-order valence-corrected chi connectivity index (χ3v) is 11.1. The molecule has 0 saturated heterocycles. The molecule has 12 nitrogen and oxygen atoms in total. The molecule has 0 heterocycles. The normalized spacial score (nSPS) is 11.4. The Morgan fingerprint density at radius 2 is 0.756 bits per heavy atom. The van der Waals surface area contributed by atoms with Crippen molar-refractivity contribution < 1.29 is 28.7 Å². The SMILES string of the molecule is C#CCN(N=C(c1ccccc1)c1ccccc1)C(=O)N[C@H](Cc1ccccc1)C(=O)OC(C)(C)C.CC(C)(C)OC(=O)[C@@H](Cc1ccccc1)NC(=O)N(CC#Cc1ccccc1)N=C(c1ccccc1)c1ccccc1.